The van der Waals surface area contributed by atoms with Crippen molar-refractivity contribution in [3.8, 4) is 5.75 Å². The maximum absolute atomic E-state index is 13.1. The van der Waals surface area contributed by atoms with Crippen molar-refractivity contribution >= 4 is 34.8 Å². The Morgan fingerprint density at radius 1 is 1.25 bits per heavy atom. The van der Waals surface area contributed by atoms with E-state index in [9.17, 15) is 14.0 Å². The van der Waals surface area contributed by atoms with Crippen molar-refractivity contribution in [2.45, 2.75) is 12.8 Å². The first kappa shape index (κ1) is 16.3. The van der Waals surface area contributed by atoms with Crippen molar-refractivity contribution in [3.63, 3.8) is 0 Å². The fourth-order valence-corrected chi connectivity index (χ4v) is 2.55. The van der Waals surface area contributed by atoms with Crippen LogP contribution in [0.1, 0.15) is 12.0 Å². The number of halogens is 2. The van der Waals surface area contributed by atoms with Crippen molar-refractivity contribution in [2.75, 3.05) is 17.2 Å². The first-order valence-corrected chi connectivity index (χ1v) is 7.69. The van der Waals surface area contributed by atoms with Crippen LogP contribution in [0.15, 0.2) is 36.4 Å². The zero-order valence-corrected chi connectivity index (χ0v) is 13.3. The van der Waals surface area contributed by atoms with Gasteiger partial charge < -0.3 is 15.4 Å². The van der Waals surface area contributed by atoms with Gasteiger partial charge >= 0.3 is 0 Å². The molecule has 0 saturated carbocycles. The van der Waals surface area contributed by atoms with Gasteiger partial charge in [-0.15, -0.1) is 0 Å². The van der Waals surface area contributed by atoms with Gasteiger partial charge in [-0.25, -0.2) is 4.39 Å². The van der Waals surface area contributed by atoms with E-state index in [-0.39, 0.29) is 23.4 Å². The molecule has 0 fully saturated rings. The summed E-state index contributed by atoms with van der Waals surface area (Å²) in [6.45, 7) is -0.194. The lowest BCUT2D eigenvalue weighted by Gasteiger charge is -2.17. The fourth-order valence-electron chi connectivity index (χ4n) is 2.37. The number of carbonyl (C=O) groups is 2. The normalized spacial score (nSPS) is 13.0. The van der Waals surface area contributed by atoms with E-state index in [1.54, 1.807) is 18.2 Å². The smallest absolute Gasteiger partial charge is 0.262 e. The minimum Gasteiger partial charge on any atom is -0.484 e. The molecule has 1 aliphatic heterocycles. The molecule has 24 heavy (non-hydrogen) atoms. The van der Waals surface area contributed by atoms with Crippen molar-refractivity contribution in [3.05, 3.63) is 52.8 Å². The van der Waals surface area contributed by atoms with Gasteiger partial charge in [0.2, 0.25) is 5.91 Å². The Kier molecular flexibility index (Phi) is 4.66. The van der Waals surface area contributed by atoms with Crippen LogP contribution in [0.25, 0.3) is 0 Å². The molecule has 7 heteroatoms. The van der Waals surface area contributed by atoms with Crippen LogP contribution in [-0.4, -0.2) is 18.4 Å². The lowest BCUT2D eigenvalue weighted by molar-refractivity contribution is -0.118. The number of ether oxygens (including phenoxy) is 1. The molecule has 0 unspecified atom stereocenters. The summed E-state index contributed by atoms with van der Waals surface area (Å²) in [7, 11) is 0. The summed E-state index contributed by atoms with van der Waals surface area (Å²) in [6, 6.07) is 9.16. The van der Waals surface area contributed by atoms with Gasteiger partial charge in [-0.3, -0.25) is 9.59 Å². The lowest BCUT2D eigenvalue weighted by Crippen LogP contribution is -2.21. The molecule has 0 spiro atoms. The van der Waals surface area contributed by atoms with E-state index in [1.165, 1.54) is 18.2 Å². The van der Waals surface area contributed by atoms with Crippen molar-refractivity contribution in [2.24, 2.45) is 0 Å². The maximum atomic E-state index is 13.1. The molecule has 0 radical (unpaired) electrons. The van der Waals surface area contributed by atoms with E-state index in [0.29, 0.717) is 24.3 Å². The van der Waals surface area contributed by atoms with Crippen LogP contribution in [0.5, 0.6) is 5.75 Å². The second-order valence-electron chi connectivity index (χ2n) is 5.33. The molecule has 124 valence electrons. The van der Waals surface area contributed by atoms with E-state index in [1.807, 2.05) is 0 Å². The highest BCUT2D eigenvalue weighted by Crippen LogP contribution is 2.26. The number of carbonyl (C=O) groups excluding carboxylic acids is 2. The number of anilines is 2. The van der Waals surface area contributed by atoms with Crippen LogP contribution in [-0.2, 0) is 16.0 Å². The highest BCUT2D eigenvalue weighted by Gasteiger charge is 2.15. The molecule has 0 saturated heterocycles. The van der Waals surface area contributed by atoms with Gasteiger partial charge in [0.05, 0.1) is 5.02 Å². The number of rotatable bonds is 4. The number of hydrogen-bond acceptors (Lipinski definition) is 3. The first-order chi connectivity index (χ1) is 11.5. The van der Waals surface area contributed by atoms with Crippen LogP contribution in [0.2, 0.25) is 5.02 Å². The number of aryl methyl sites for hydroxylation is 1. The minimum absolute atomic E-state index is 0.00601. The highest BCUT2D eigenvalue weighted by atomic mass is 35.5. The molecule has 2 amide bonds. The largest absolute Gasteiger partial charge is 0.484 e. The standard InChI is InChI=1S/C17H14ClFN2O3/c18-13-8-11(2-4-14(13)19)20-17(23)9-24-12-3-5-15-10(7-12)1-6-16(22)21-15/h2-5,7-8H,1,6,9H2,(H,20,23)(H,21,22). The second-order valence-corrected chi connectivity index (χ2v) is 5.74. The Morgan fingerprint density at radius 3 is 2.88 bits per heavy atom. The zero-order valence-electron chi connectivity index (χ0n) is 12.6. The molecule has 0 atom stereocenters. The number of benzene rings is 2. The van der Waals surface area contributed by atoms with Gasteiger partial charge in [0, 0.05) is 17.8 Å². The van der Waals surface area contributed by atoms with Gasteiger partial charge in [0.25, 0.3) is 5.91 Å². The summed E-state index contributed by atoms with van der Waals surface area (Å²) in [5.74, 6) is -0.401. The van der Waals surface area contributed by atoms with Crippen molar-refractivity contribution < 1.29 is 18.7 Å². The number of nitrogens with one attached hydrogen (secondary N) is 2. The average Bonchev–Trinajstić information content (AvgIpc) is 2.56. The summed E-state index contributed by atoms with van der Waals surface area (Å²) in [6.07, 6.45) is 1.07. The molecule has 2 aromatic rings. The van der Waals surface area contributed by atoms with Crippen LogP contribution >= 0.6 is 11.6 Å². The highest BCUT2D eigenvalue weighted by molar-refractivity contribution is 6.31. The van der Waals surface area contributed by atoms with E-state index in [0.717, 1.165) is 11.3 Å². The molecule has 0 aromatic heterocycles. The van der Waals surface area contributed by atoms with Gasteiger partial charge in [-0.1, -0.05) is 11.6 Å². The third-order valence-corrected chi connectivity index (χ3v) is 3.84. The molecule has 0 aliphatic carbocycles. The van der Waals surface area contributed by atoms with Gasteiger partial charge in [0.1, 0.15) is 11.6 Å². The second kappa shape index (κ2) is 6.88. The average molecular weight is 349 g/mol. The molecular weight excluding hydrogens is 335 g/mol. The Morgan fingerprint density at radius 2 is 2.08 bits per heavy atom. The van der Waals surface area contributed by atoms with E-state index in [2.05, 4.69) is 10.6 Å². The van der Waals surface area contributed by atoms with Crippen molar-refractivity contribution in [1.29, 1.82) is 0 Å². The molecular formula is C17H14ClFN2O3. The first-order valence-electron chi connectivity index (χ1n) is 7.32. The number of hydrogen-bond donors (Lipinski definition) is 2. The van der Waals surface area contributed by atoms with Gasteiger partial charge in [0.15, 0.2) is 6.61 Å². The van der Waals surface area contributed by atoms with Crippen molar-refractivity contribution in [1.82, 2.24) is 0 Å². The molecule has 2 aromatic carbocycles. The van der Waals surface area contributed by atoms with Crippen LogP contribution in [0.4, 0.5) is 15.8 Å². The Balaban J connectivity index is 1.58. The monoisotopic (exact) mass is 348 g/mol. The van der Waals surface area contributed by atoms with Gasteiger partial charge in [-0.2, -0.15) is 0 Å². The SMILES string of the molecule is O=C(COc1ccc2c(c1)CCC(=O)N2)Nc1ccc(F)c(Cl)c1. The number of fused-ring (bicyclic) bond motifs is 1. The van der Waals surface area contributed by atoms with Gasteiger partial charge in [-0.05, 0) is 48.4 Å². The quantitative estimate of drug-likeness (QED) is 0.890. The Labute approximate surface area is 142 Å². The third-order valence-electron chi connectivity index (χ3n) is 3.55. The van der Waals surface area contributed by atoms with E-state index >= 15 is 0 Å². The lowest BCUT2D eigenvalue weighted by atomic mass is 10.0. The maximum Gasteiger partial charge on any atom is 0.262 e. The Bertz CT molecular complexity index is 810. The fraction of sp³-hybridized carbons (Fsp3) is 0.176. The summed E-state index contributed by atoms with van der Waals surface area (Å²) < 4.78 is 18.5. The van der Waals surface area contributed by atoms with Crippen LogP contribution < -0.4 is 15.4 Å². The van der Waals surface area contributed by atoms with E-state index in [4.69, 9.17) is 16.3 Å². The van der Waals surface area contributed by atoms with E-state index < -0.39 is 5.82 Å². The predicted octanol–water partition coefficient (Wildman–Crippen LogP) is 3.38. The van der Waals surface area contributed by atoms with Crippen LogP contribution in [0, 0.1) is 5.82 Å². The molecule has 3 rings (SSSR count). The third kappa shape index (κ3) is 3.83. The molecule has 2 N–H and O–H groups in total. The number of amides is 2. The minimum atomic E-state index is -0.549. The zero-order chi connectivity index (χ0) is 17.1. The molecule has 5 nitrogen and oxygen atoms in total. The summed E-state index contributed by atoms with van der Waals surface area (Å²) >= 11 is 5.66. The molecule has 1 aliphatic rings. The van der Waals surface area contributed by atoms with Crippen LogP contribution in [0.3, 0.4) is 0 Å². The Hall–Kier alpha value is -2.60. The predicted molar refractivity (Wildman–Crippen MR) is 88.9 cm³/mol. The molecule has 1 heterocycles. The topological polar surface area (TPSA) is 67.4 Å². The summed E-state index contributed by atoms with van der Waals surface area (Å²) in [4.78, 5) is 23.2. The summed E-state index contributed by atoms with van der Waals surface area (Å²) in [5, 5.41) is 5.29. The molecule has 0 bridgehead atoms. The summed E-state index contributed by atoms with van der Waals surface area (Å²) in [5.41, 5.74) is 2.13.